The Hall–Kier alpha value is -3.54. The van der Waals surface area contributed by atoms with Crippen LogP contribution in [0.1, 0.15) is 32.3 Å². The van der Waals surface area contributed by atoms with Gasteiger partial charge in [-0.1, -0.05) is 60.7 Å². The SMILES string of the molecule is Cn1c(C2[C@@H](C(=O)c3ccccc3)[C@@H]2C(=O)c2ccccc2)cc(=O)n(C)c1=O. The minimum absolute atomic E-state index is 0.155. The van der Waals surface area contributed by atoms with Gasteiger partial charge < -0.3 is 4.57 Å². The Morgan fingerprint density at radius 1 is 0.724 bits per heavy atom. The van der Waals surface area contributed by atoms with E-state index in [0.29, 0.717) is 16.8 Å². The van der Waals surface area contributed by atoms with Crippen LogP contribution in [0, 0.1) is 11.8 Å². The number of Topliss-reactive ketones (excluding diaryl/α,β-unsaturated/α-hetero) is 2. The molecule has 0 amide bonds. The number of aromatic nitrogens is 2. The molecule has 0 aliphatic heterocycles. The fraction of sp³-hybridized carbons (Fsp3) is 0.217. The van der Waals surface area contributed by atoms with Gasteiger partial charge in [0.1, 0.15) is 0 Å². The summed E-state index contributed by atoms with van der Waals surface area (Å²) in [5, 5.41) is 0. The van der Waals surface area contributed by atoms with Gasteiger partial charge in [-0.25, -0.2) is 4.79 Å². The van der Waals surface area contributed by atoms with Crippen LogP contribution in [-0.2, 0) is 14.1 Å². The molecule has 0 saturated heterocycles. The summed E-state index contributed by atoms with van der Waals surface area (Å²) in [7, 11) is 2.96. The summed E-state index contributed by atoms with van der Waals surface area (Å²) in [6.07, 6.45) is 0. The zero-order valence-corrected chi connectivity index (χ0v) is 16.1. The lowest BCUT2D eigenvalue weighted by Crippen LogP contribution is -2.38. The molecule has 4 rings (SSSR count). The van der Waals surface area contributed by atoms with Crippen LogP contribution in [0.4, 0.5) is 0 Å². The second-order valence-electron chi connectivity index (χ2n) is 7.35. The predicted octanol–water partition coefficient (Wildman–Crippen LogP) is 2.18. The van der Waals surface area contributed by atoms with E-state index in [4.69, 9.17) is 0 Å². The predicted molar refractivity (Wildman–Crippen MR) is 108 cm³/mol. The van der Waals surface area contributed by atoms with Gasteiger partial charge in [-0.15, -0.1) is 0 Å². The van der Waals surface area contributed by atoms with Crippen molar-refractivity contribution in [1.29, 1.82) is 0 Å². The molecule has 1 aliphatic rings. The van der Waals surface area contributed by atoms with Gasteiger partial charge in [0.05, 0.1) is 0 Å². The molecule has 0 spiro atoms. The van der Waals surface area contributed by atoms with Crippen LogP contribution in [-0.4, -0.2) is 20.7 Å². The molecule has 6 nitrogen and oxygen atoms in total. The topological polar surface area (TPSA) is 78.1 Å². The Balaban J connectivity index is 1.80. The van der Waals surface area contributed by atoms with E-state index in [1.54, 1.807) is 55.6 Å². The molecule has 3 aromatic rings. The third-order valence-electron chi connectivity index (χ3n) is 5.65. The van der Waals surface area contributed by atoms with Crippen molar-refractivity contribution in [2.45, 2.75) is 5.92 Å². The molecule has 29 heavy (non-hydrogen) atoms. The largest absolute Gasteiger partial charge is 0.330 e. The highest BCUT2D eigenvalue weighted by atomic mass is 16.2. The van der Waals surface area contributed by atoms with Crippen molar-refractivity contribution in [3.63, 3.8) is 0 Å². The van der Waals surface area contributed by atoms with Crippen molar-refractivity contribution < 1.29 is 9.59 Å². The van der Waals surface area contributed by atoms with Gasteiger partial charge in [0, 0.05) is 54.7 Å². The molecule has 1 fully saturated rings. The first-order chi connectivity index (χ1) is 13.9. The van der Waals surface area contributed by atoms with Crippen molar-refractivity contribution in [3.05, 3.63) is 104 Å². The number of ketones is 2. The Bertz CT molecular complexity index is 1150. The van der Waals surface area contributed by atoms with Gasteiger partial charge in [0.25, 0.3) is 5.56 Å². The Kier molecular flexibility index (Phi) is 4.62. The molecule has 0 unspecified atom stereocenters. The standard InChI is InChI=1S/C23H20N2O4/c1-24-16(13-17(26)25(2)23(24)29)18-19(21(27)14-9-5-3-6-10-14)20(18)22(28)15-11-7-4-8-12-15/h3-13,18-20H,1-2H3/t19-,20-/m1/s1. The maximum atomic E-state index is 13.2. The quantitative estimate of drug-likeness (QED) is 0.628. The second-order valence-corrected chi connectivity index (χ2v) is 7.35. The lowest BCUT2D eigenvalue weighted by Gasteiger charge is -2.09. The summed E-state index contributed by atoms with van der Waals surface area (Å²) in [4.78, 5) is 50.9. The summed E-state index contributed by atoms with van der Waals surface area (Å²) in [5.74, 6) is -2.04. The maximum Gasteiger partial charge on any atom is 0.330 e. The highest BCUT2D eigenvalue weighted by Gasteiger charge is 2.60. The number of hydrogen-bond donors (Lipinski definition) is 0. The number of hydrogen-bond acceptors (Lipinski definition) is 4. The normalized spacial score (nSPS) is 20.3. The number of rotatable bonds is 5. The van der Waals surface area contributed by atoms with Crippen molar-refractivity contribution in [1.82, 2.24) is 9.13 Å². The van der Waals surface area contributed by atoms with Crippen LogP contribution in [0.5, 0.6) is 0 Å². The van der Waals surface area contributed by atoms with Gasteiger partial charge in [-0.05, 0) is 0 Å². The average molecular weight is 388 g/mol. The fourth-order valence-corrected chi connectivity index (χ4v) is 3.99. The van der Waals surface area contributed by atoms with Crippen LogP contribution in [0.3, 0.4) is 0 Å². The van der Waals surface area contributed by atoms with Crippen molar-refractivity contribution in [3.8, 4) is 0 Å². The molecular weight excluding hydrogens is 368 g/mol. The van der Waals surface area contributed by atoms with Crippen LogP contribution in [0.25, 0.3) is 0 Å². The third-order valence-corrected chi connectivity index (χ3v) is 5.65. The van der Waals surface area contributed by atoms with Gasteiger partial charge in [-0.3, -0.25) is 19.0 Å². The van der Waals surface area contributed by atoms with E-state index < -0.39 is 29.0 Å². The monoisotopic (exact) mass is 388 g/mol. The van der Waals surface area contributed by atoms with Crippen molar-refractivity contribution in [2.24, 2.45) is 25.9 Å². The lowest BCUT2D eigenvalue weighted by atomic mass is 10.0. The van der Waals surface area contributed by atoms with Crippen LogP contribution in [0.15, 0.2) is 76.3 Å². The fourth-order valence-electron chi connectivity index (χ4n) is 3.99. The highest BCUT2D eigenvalue weighted by Crippen LogP contribution is 2.56. The first-order valence-electron chi connectivity index (χ1n) is 9.37. The molecule has 1 heterocycles. The maximum absolute atomic E-state index is 13.2. The zero-order chi connectivity index (χ0) is 20.7. The molecule has 1 saturated carbocycles. The van der Waals surface area contributed by atoms with Gasteiger partial charge in [0.15, 0.2) is 11.6 Å². The Morgan fingerprint density at radius 3 is 1.62 bits per heavy atom. The van der Waals surface area contributed by atoms with Crippen LogP contribution >= 0.6 is 0 Å². The number of nitrogens with zero attached hydrogens (tertiary/aromatic N) is 2. The lowest BCUT2D eigenvalue weighted by molar-refractivity contribution is 0.0906. The van der Waals surface area contributed by atoms with Crippen molar-refractivity contribution in [2.75, 3.05) is 0 Å². The molecule has 0 bridgehead atoms. The summed E-state index contributed by atoms with van der Waals surface area (Å²) < 4.78 is 2.36. The van der Waals surface area contributed by atoms with Gasteiger partial charge in [-0.2, -0.15) is 0 Å². The molecule has 2 atom stereocenters. The van der Waals surface area contributed by atoms with E-state index in [1.807, 2.05) is 12.1 Å². The Morgan fingerprint density at radius 2 is 1.17 bits per heavy atom. The number of carbonyl (C=O) groups is 2. The summed E-state index contributed by atoms with van der Waals surface area (Å²) in [6.45, 7) is 0. The molecule has 1 aromatic heterocycles. The minimum atomic E-state index is -0.609. The summed E-state index contributed by atoms with van der Waals surface area (Å²) in [5.41, 5.74) is 0.518. The van der Waals surface area contributed by atoms with Gasteiger partial charge in [0.2, 0.25) is 0 Å². The molecule has 0 N–H and O–H groups in total. The molecular formula is C23H20N2O4. The van der Waals surface area contributed by atoms with E-state index >= 15 is 0 Å². The van der Waals surface area contributed by atoms with Crippen molar-refractivity contribution >= 4 is 11.6 Å². The van der Waals surface area contributed by atoms with E-state index in [1.165, 1.54) is 17.7 Å². The Labute approximate surface area is 167 Å². The zero-order valence-electron chi connectivity index (χ0n) is 16.1. The second kappa shape index (κ2) is 7.13. The molecule has 1 aliphatic carbocycles. The van der Waals surface area contributed by atoms with E-state index in [9.17, 15) is 19.2 Å². The third kappa shape index (κ3) is 3.16. The smallest absolute Gasteiger partial charge is 0.300 e. The minimum Gasteiger partial charge on any atom is -0.300 e. The van der Waals surface area contributed by atoms with Crippen LogP contribution < -0.4 is 11.2 Å². The summed E-state index contributed by atoms with van der Waals surface area (Å²) in [6, 6.07) is 18.9. The highest BCUT2D eigenvalue weighted by molar-refractivity contribution is 6.09. The molecule has 0 radical (unpaired) electrons. The van der Waals surface area contributed by atoms with Gasteiger partial charge >= 0.3 is 5.69 Å². The average Bonchev–Trinajstić information content (AvgIpc) is 3.50. The molecule has 2 aromatic carbocycles. The molecule has 146 valence electrons. The number of carbonyl (C=O) groups excluding carboxylic acids is 2. The van der Waals surface area contributed by atoms with E-state index in [-0.39, 0.29) is 11.6 Å². The van der Waals surface area contributed by atoms with Crippen LogP contribution in [0.2, 0.25) is 0 Å². The first kappa shape index (κ1) is 18.8. The molecule has 6 heteroatoms. The van der Waals surface area contributed by atoms with E-state index in [0.717, 1.165) is 4.57 Å². The summed E-state index contributed by atoms with van der Waals surface area (Å²) >= 11 is 0. The van der Waals surface area contributed by atoms with E-state index in [2.05, 4.69) is 0 Å². The number of benzene rings is 2. The first-order valence-corrected chi connectivity index (χ1v) is 9.37.